The molecule has 70 valence electrons. The third-order valence-electron chi connectivity index (χ3n) is 2.28. The fourth-order valence-electron chi connectivity index (χ4n) is 1.36. The Morgan fingerprint density at radius 2 is 2.46 bits per heavy atom. The van der Waals surface area contributed by atoms with E-state index in [1.807, 2.05) is 0 Å². The number of hydrogen-bond donors (Lipinski definition) is 1. The van der Waals surface area contributed by atoms with Crippen molar-refractivity contribution >= 4 is 21.7 Å². The number of ketones is 1. The van der Waals surface area contributed by atoms with E-state index in [2.05, 4.69) is 26.3 Å². The minimum absolute atomic E-state index is 0.131. The van der Waals surface area contributed by atoms with Gasteiger partial charge < -0.3 is 5.32 Å². The molecule has 0 amide bonds. The highest BCUT2D eigenvalue weighted by Crippen LogP contribution is 2.20. The average Bonchev–Trinajstić information content (AvgIpc) is 2.27. The molecule has 1 aliphatic rings. The van der Waals surface area contributed by atoms with Crippen molar-refractivity contribution in [1.82, 2.24) is 15.1 Å². The van der Waals surface area contributed by atoms with Crippen LogP contribution in [-0.2, 0) is 7.05 Å². The summed E-state index contributed by atoms with van der Waals surface area (Å²) in [5.41, 5.74) is 0.673. The molecular formula is C8H10BrN3O. The van der Waals surface area contributed by atoms with E-state index < -0.39 is 0 Å². The largest absolute Gasteiger partial charge is 0.315 e. The third kappa shape index (κ3) is 1.42. The maximum Gasteiger partial charge on any atom is 0.187 e. The molecule has 0 aromatic carbocycles. The molecule has 1 fully saturated rings. The van der Waals surface area contributed by atoms with Gasteiger partial charge in [0.25, 0.3) is 0 Å². The van der Waals surface area contributed by atoms with Gasteiger partial charge in [-0.25, -0.2) is 0 Å². The molecule has 0 saturated carbocycles. The Labute approximate surface area is 84.4 Å². The van der Waals surface area contributed by atoms with E-state index in [1.165, 1.54) is 0 Å². The second-order valence-electron chi connectivity index (χ2n) is 3.18. The van der Waals surface area contributed by atoms with Gasteiger partial charge in [-0.3, -0.25) is 9.48 Å². The van der Waals surface area contributed by atoms with Gasteiger partial charge in [0.15, 0.2) is 5.78 Å². The molecule has 4 nitrogen and oxygen atoms in total. The minimum atomic E-state index is 0.131. The molecule has 0 unspecified atom stereocenters. The van der Waals surface area contributed by atoms with Gasteiger partial charge in [-0.1, -0.05) is 0 Å². The zero-order chi connectivity index (χ0) is 9.42. The average molecular weight is 244 g/mol. The van der Waals surface area contributed by atoms with Crippen LogP contribution < -0.4 is 5.32 Å². The summed E-state index contributed by atoms with van der Waals surface area (Å²) in [6.07, 6.45) is 1.65. The maximum atomic E-state index is 11.8. The highest BCUT2D eigenvalue weighted by Gasteiger charge is 2.29. The van der Waals surface area contributed by atoms with Crippen molar-refractivity contribution in [2.75, 3.05) is 13.1 Å². The first-order valence-electron chi connectivity index (χ1n) is 4.12. The van der Waals surface area contributed by atoms with Gasteiger partial charge in [0.2, 0.25) is 0 Å². The Morgan fingerprint density at radius 1 is 1.77 bits per heavy atom. The second kappa shape index (κ2) is 3.23. The molecular weight excluding hydrogens is 234 g/mol. The molecule has 1 aromatic heterocycles. The van der Waals surface area contributed by atoms with E-state index in [9.17, 15) is 4.79 Å². The van der Waals surface area contributed by atoms with Crippen molar-refractivity contribution in [3.05, 3.63) is 16.4 Å². The van der Waals surface area contributed by atoms with Crippen molar-refractivity contribution in [3.8, 4) is 0 Å². The molecule has 0 aliphatic carbocycles. The van der Waals surface area contributed by atoms with Crippen LogP contribution in [0.1, 0.15) is 10.5 Å². The molecule has 0 atom stereocenters. The summed E-state index contributed by atoms with van der Waals surface area (Å²) >= 11 is 3.31. The molecule has 2 heterocycles. The summed E-state index contributed by atoms with van der Waals surface area (Å²) in [7, 11) is 1.78. The smallest absolute Gasteiger partial charge is 0.187 e. The lowest BCUT2D eigenvalue weighted by Gasteiger charge is -2.25. The van der Waals surface area contributed by atoms with E-state index in [4.69, 9.17) is 0 Å². The first-order valence-corrected chi connectivity index (χ1v) is 4.92. The zero-order valence-corrected chi connectivity index (χ0v) is 8.84. The Bertz CT molecular complexity index is 324. The Hall–Kier alpha value is -0.680. The summed E-state index contributed by atoms with van der Waals surface area (Å²) in [5.74, 6) is 0.303. The monoisotopic (exact) mass is 243 g/mol. The number of halogens is 1. The molecule has 0 spiro atoms. The van der Waals surface area contributed by atoms with Gasteiger partial charge >= 0.3 is 0 Å². The van der Waals surface area contributed by atoms with Crippen LogP contribution in [0.5, 0.6) is 0 Å². The predicted octanol–water partition coefficient (Wildman–Crippen LogP) is 0.585. The Kier molecular flexibility index (Phi) is 2.21. The molecule has 0 radical (unpaired) electrons. The third-order valence-corrected chi connectivity index (χ3v) is 2.86. The van der Waals surface area contributed by atoms with E-state index in [-0.39, 0.29) is 11.7 Å². The summed E-state index contributed by atoms with van der Waals surface area (Å²) < 4.78 is 2.40. The number of aryl methyl sites for hydroxylation is 1. The zero-order valence-electron chi connectivity index (χ0n) is 7.25. The van der Waals surface area contributed by atoms with Gasteiger partial charge in [-0.2, -0.15) is 5.10 Å². The van der Waals surface area contributed by atoms with Crippen molar-refractivity contribution < 1.29 is 4.79 Å². The van der Waals surface area contributed by atoms with Crippen molar-refractivity contribution in [3.63, 3.8) is 0 Å². The van der Waals surface area contributed by atoms with Crippen LogP contribution in [0.15, 0.2) is 10.7 Å². The first-order chi connectivity index (χ1) is 6.20. The van der Waals surface area contributed by atoms with Gasteiger partial charge in [0, 0.05) is 26.1 Å². The van der Waals surface area contributed by atoms with Gasteiger partial charge in [0.1, 0.15) is 5.69 Å². The Balaban J connectivity index is 2.28. The van der Waals surface area contributed by atoms with E-state index >= 15 is 0 Å². The minimum Gasteiger partial charge on any atom is -0.315 e. The lowest BCUT2D eigenvalue weighted by atomic mass is 9.96. The van der Waals surface area contributed by atoms with Crippen LogP contribution in [0.4, 0.5) is 0 Å². The molecule has 1 saturated heterocycles. The maximum absolute atomic E-state index is 11.8. The number of aromatic nitrogens is 2. The van der Waals surface area contributed by atoms with Crippen molar-refractivity contribution in [2.45, 2.75) is 0 Å². The quantitative estimate of drug-likeness (QED) is 0.774. The number of carbonyl (C=O) groups excluding carboxylic acids is 1. The highest BCUT2D eigenvalue weighted by molar-refractivity contribution is 9.10. The normalized spacial score (nSPS) is 17.1. The Morgan fingerprint density at radius 3 is 2.85 bits per heavy atom. The number of rotatable bonds is 2. The number of carbonyl (C=O) groups is 1. The van der Waals surface area contributed by atoms with E-state index in [1.54, 1.807) is 17.9 Å². The molecule has 1 aliphatic heterocycles. The fourth-order valence-corrected chi connectivity index (χ4v) is 1.90. The van der Waals surface area contributed by atoms with Crippen LogP contribution >= 0.6 is 15.9 Å². The van der Waals surface area contributed by atoms with Crippen molar-refractivity contribution in [1.29, 1.82) is 0 Å². The number of nitrogens with one attached hydrogen (secondary N) is 1. The molecule has 5 heteroatoms. The molecule has 1 aromatic rings. The number of hydrogen-bond acceptors (Lipinski definition) is 3. The number of Topliss-reactive ketones (excluding diaryl/α,β-unsaturated/α-hetero) is 1. The lowest BCUT2D eigenvalue weighted by molar-refractivity contribution is 0.0867. The molecule has 0 bridgehead atoms. The molecule has 13 heavy (non-hydrogen) atoms. The van der Waals surface area contributed by atoms with Crippen molar-refractivity contribution in [2.24, 2.45) is 13.0 Å². The van der Waals surface area contributed by atoms with Gasteiger partial charge in [-0.15, -0.1) is 0 Å². The van der Waals surface area contributed by atoms with E-state index in [0.717, 1.165) is 17.6 Å². The summed E-state index contributed by atoms with van der Waals surface area (Å²) in [5, 5.41) is 7.08. The lowest BCUT2D eigenvalue weighted by Crippen LogP contribution is -2.47. The van der Waals surface area contributed by atoms with Crippen LogP contribution in [0.25, 0.3) is 0 Å². The summed E-state index contributed by atoms with van der Waals surface area (Å²) in [6, 6.07) is 0. The van der Waals surface area contributed by atoms with E-state index in [0.29, 0.717) is 5.69 Å². The highest BCUT2D eigenvalue weighted by atomic mass is 79.9. The van der Waals surface area contributed by atoms with Crippen LogP contribution in [0.2, 0.25) is 0 Å². The van der Waals surface area contributed by atoms with Crippen LogP contribution in [0, 0.1) is 5.92 Å². The van der Waals surface area contributed by atoms with Gasteiger partial charge in [0.05, 0.1) is 10.7 Å². The predicted molar refractivity (Wildman–Crippen MR) is 51.6 cm³/mol. The number of nitrogens with zero attached hydrogens (tertiary/aromatic N) is 2. The SMILES string of the molecule is Cn1ncc(Br)c1C(=O)C1CNC1. The topological polar surface area (TPSA) is 46.9 Å². The van der Waals surface area contributed by atoms with Crippen LogP contribution in [-0.4, -0.2) is 28.7 Å². The van der Waals surface area contributed by atoms with Crippen LogP contribution in [0.3, 0.4) is 0 Å². The summed E-state index contributed by atoms with van der Waals surface area (Å²) in [4.78, 5) is 11.8. The first kappa shape index (κ1) is 8.90. The molecule has 2 rings (SSSR count). The molecule has 1 N–H and O–H groups in total. The standard InChI is InChI=1S/C8H10BrN3O/c1-12-7(6(9)4-11-12)8(13)5-2-10-3-5/h4-5,10H,2-3H2,1H3. The summed E-state index contributed by atoms with van der Waals surface area (Å²) in [6.45, 7) is 1.58. The van der Waals surface area contributed by atoms with Gasteiger partial charge in [-0.05, 0) is 15.9 Å². The fraction of sp³-hybridized carbons (Fsp3) is 0.500. The second-order valence-corrected chi connectivity index (χ2v) is 4.04.